The van der Waals surface area contributed by atoms with Crippen molar-refractivity contribution in [1.82, 2.24) is 0 Å². The van der Waals surface area contributed by atoms with Crippen LogP contribution in [0, 0.1) is 11.8 Å². The number of halogens is 3. The topological polar surface area (TPSA) is 89.5 Å². The monoisotopic (exact) mass is 508 g/mol. The molecule has 0 saturated carbocycles. The van der Waals surface area contributed by atoms with Gasteiger partial charge in [0.2, 0.25) is 6.79 Å². The Morgan fingerprint density at radius 3 is 2.00 bits per heavy atom. The van der Waals surface area contributed by atoms with E-state index in [1.807, 2.05) is 0 Å². The lowest BCUT2D eigenvalue weighted by Crippen LogP contribution is -2.52. The molecule has 3 aliphatic rings. The number of methoxy groups -OCH3 is 1. The molecule has 5 atom stereocenters. The predicted molar refractivity (Wildman–Crippen MR) is 115 cm³/mol. The van der Waals surface area contributed by atoms with Crippen molar-refractivity contribution in [2.24, 2.45) is 11.8 Å². The maximum atomic E-state index is 14.2. The molecule has 0 amide bonds. The molecule has 4 unspecified atom stereocenters. The molecule has 3 aliphatic heterocycles. The molecule has 2 aromatic carbocycles. The van der Waals surface area contributed by atoms with E-state index in [9.17, 15) is 22.8 Å². The maximum absolute atomic E-state index is 14.2. The van der Waals surface area contributed by atoms with Crippen LogP contribution in [0.25, 0.3) is 0 Å². The summed E-state index contributed by atoms with van der Waals surface area (Å²) in [6.45, 7) is 0.863. The van der Waals surface area contributed by atoms with Crippen LogP contribution in [-0.2, 0) is 34.1 Å². The lowest BCUT2D eigenvalue weighted by molar-refractivity contribution is -0.277. The molecule has 0 aliphatic carbocycles. The summed E-state index contributed by atoms with van der Waals surface area (Å²) >= 11 is 0. The Hall–Kier alpha value is -3.31. The summed E-state index contributed by atoms with van der Waals surface area (Å²) in [6.07, 6.45) is -6.22. The Morgan fingerprint density at radius 2 is 1.50 bits per heavy atom. The summed E-state index contributed by atoms with van der Waals surface area (Å²) in [6, 6.07) is 10.1. The van der Waals surface area contributed by atoms with E-state index >= 15 is 0 Å². The van der Waals surface area contributed by atoms with Crippen LogP contribution in [0.2, 0.25) is 0 Å². The van der Waals surface area contributed by atoms with Gasteiger partial charge < -0.3 is 28.4 Å². The SMILES string of the molecule is CO[C@](C(=O)OCC1C2OC(c3cc4c(cc32)OCO4)C1COC(C)=O)(c1ccccc1)C(F)(F)F. The Balaban J connectivity index is 1.43. The fraction of sp³-hybridized carbons (Fsp3) is 0.440. The second kappa shape index (κ2) is 8.97. The third-order valence-corrected chi connectivity index (χ3v) is 6.87. The van der Waals surface area contributed by atoms with E-state index in [-0.39, 0.29) is 13.4 Å². The van der Waals surface area contributed by atoms with E-state index < -0.39 is 59.9 Å². The van der Waals surface area contributed by atoms with Crippen molar-refractivity contribution in [3.8, 4) is 11.5 Å². The minimum absolute atomic E-state index is 0.0556. The second-order valence-electron chi connectivity index (χ2n) is 8.79. The number of carbonyl (C=O) groups excluding carboxylic acids is 2. The van der Waals surface area contributed by atoms with Crippen molar-refractivity contribution in [2.45, 2.75) is 30.9 Å². The van der Waals surface area contributed by atoms with Gasteiger partial charge in [0.1, 0.15) is 0 Å². The molecular formula is C25H23F3O8. The van der Waals surface area contributed by atoms with Gasteiger partial charge in [-0.1, -0.05) is 30.3 Å². The van der Waals surface area contributed by atoms with Crippen LogP contribution in [0.1, 0.15) is 35.8 Å². The molecule has 8 nitrogen and oxygen atoms in total. The van der Waals surface area contributed by atoms with E-state index in [0.29, 0.717) is 11.5 Å². The summed E-state index contributed by atoms with van der Waals surface area (Å²) in [4.78, 5) is 24.5. The van der Waals surface area contributed by atoms with Gasteiger partial charge in [-0.2, -0.15) is 13.2 Å². The fourth-order valence-electron chi connectivity index (χ4n) is 5.18. The highest BCUT2D eigenvalue weighted by Crippen LogP contribution is 2.59. The van der Waals surface area contributed by atoms with Gasteiger partial charge in [-0.15, -0.1) is 0 Å². The van der Waals surface area contributed by atoms with Crippen LogP contribution in [0.4, 0.5) is 13.2 Å². The van der Waals surface area contributed by atoms with Crippen LogP contribution in [0.15, 0.2) is 42.5 Å². The smallest absolute Gasteiger partial charge is 0.432 e. The summed E-state index contributed by atoms with van der Waals surface area (Å²) in [5.41, 5.74) is -2.12. The molecular weight excluding hydrogens is 485 g/mol. The van der Waals surface area contributed by atoms with Crippen molar-refractivity contribution in [3.05, 3.63) is 59.2 Å². The Labute approximate surface area is 204 Å². The van der Waals surface area contributed by atoms with Crippen LogP contribution >= 0.6 is 0 Å². The molecule has 1 saturated heterocycles. The van der Waals surface area contributed by atoms with Crippen molar-refractivity contribution in [2.75, 3.05) is 27.1 Å². The van der Waals surface area contributed by atoms with E-state index in [0.717, 1.165) is 30.4 Å². The molecule has 36 heavy (non-hydrogen) atoms. The van der Waals surface area contributed by atoms with E-state index in [1.54, 1.807) is 12.1 Å². The number of hydrogen-bond acceptors (Lipinski definition) is 8. The summed E-state index contributed by atoms with van der Waals surface area (Å²) in [5, 5.41) is 0. The molecule has 0 radical (unpaired) electrons. The minimum Gasteiger partial charge on any atom is -0.465 e. The van der Waals surface area contributed by atoms with E-state index in [2.05, 4.69) is 0 Å². The molecule has 2 aromatic rings. The molecule has 0 aromatic heterocycles. The Morgan fingerprint density at radius 1 is 0.944 bits per heavy atom. The van der Waals surface area contributed by atoms with Gasteiger partial charge in [0.25, 0.3) is 5.60 Å². The fourth-order valence-corrected chi connectivity index (χ4v) is 5.18. The van der Waals surface area contributed by atoms with Crippen molar-refractivity contribution in [1.29, 1.82) is 0 Å². The number of alkyl halides is 3. The predicted octanol–water partition coefficient (Wildman–Crippen LogP) is 3.98. The minimum atomic E-state index is -5.09. The highest BCUT2D eigenvalue weighted by molar-refractivity contribution is 5.82. The van der Waals surface area contributed by atoms with Crippen LogP contribution in [0.3, 0.4) is 0 Å². The lowest BCUT2D eigenvalue weighted by atomic mass is 9.76. The number of esters is 2. The van der Waals surface area contributed by atoms with Gasteiger partial charge in [-0.05, 0) is 23.3 Å². The third-order valence-electron chi connectivity index (χ3n) is 6.87. The van der Waals surface area contributed by atoms with Gasteiger partial charge in [0, 0.05) is 31.4 Å². The average Bonchev–Trinajstić information content (AvgIpc) is 3.54. The average molecular weight is 508 g/mol. The first kappa shape index (κ1) is 24.4. The lowest BCUT2D eigenvalue weighted by Gasteiger charge is -2.34. The zero-order valence-electron chi connectivity index (χ0n) is 19.4. The Kier molecular flexibility index (Phi) is 6.08. The van der Waals surface area contributed by atoms with Gasteiger partial charge in [0.15, 0.2) is 11.5 Å². The first-order chi connectivity index (χ1) is 17.2. The van der Waals surface area contributed by atoms with Gasteiger partial charge >= 0.3 is 18.1 Å². The number of carbonyl (C=O) groups is 2. The highest BCUT2D eigenvalue weighted by atomic mass is 19.4. The normalized spacial score (nSPS) is 25.2. The number of rotatable bonds is 7. The number of ether oxygens (including phenoxy) is 6. The number of benzene rings is 2. The first-order valence-electron chi connectivity index (χ1n) is 11.2. The molecule has 1 fully saturated rings. The molecule has 2 bridgehead atoms. The van der Waals surface area contributed by atoms with Crippen LogP contribution < -0.4 is 9.47 Å². The summed E-state index contributed by atoms with van der Waals surface area (Å²) in [5.74, 6) is -2.07. The molecule has 192 valence electrons. The molecule has 3 heterocycles. The summed E-state index contributed by atoms with van der Waals surface area (Å²) < 4.78 is 75.1. The van der Waals surface area contributed by atoms with Crippen LogP contribution in [-0.4, -0.2) is 45.2 Å². The molecule has 0 N–H and O–H groups in total. The van der Waals surface area contributed by atoms with Crippen molar-refractivity contribution in [3.63, 3.8) is 0 Å². The Bertz CT molecular complexity index is 1170. The number of fused-ring (bicyclic) bond motifs is 6. The molecule has 11 heteroatoms. The molecule has 5 rings (SSSR count). The standard InChI is InChI=1S/C25H23F3O8/c1-13(29)32-10-17-18(22-16-9-20-19(34-12-35-20)8-15(16)21(17)36-22)11-33-23(30)24(31-2,25(26,27)28)14-6-4-3-5-7-14/h3-9,17-18,21-22H,10-12H2,1-2H3/t17?,18?,21?,22?,24-/m0/s1. The van der Waals surface area contributed by atoms with E-state index in [4.69, 9.17) is 28.4 Å². The quantitative estimate of drug-likeness (QED) is 0.519. The maximum Gasteiger partial charge on any atom is 0.432 e. The second-order valence-corrected chi connectivity index (χ2v) is 8.79. The van der Waals surface area contributed by atoms with E-state index in [1.165, 1.54) is 25.1 Å². The molecule has 0 spiro atoms. The largest absolute Gasteiger partial charge is 0.465 e. The van der Waals surface area contributed by atoms with Gasteiger partial charge in [0.05, 0.1) is 25.4 Å². The van der Waals surface area contributed by atoms with Gasteiger partial charge in [-0.3, -0.25) is 4.79 Å². The third kappa shape index (κ3) is 3.77. The highest BCUT2D eigenvalue weighted by Gasteiger charge is 2.64. The summed E-state index contributed by atoms with van der Waals surface area (Å²) in [7, 11) is 0.810. The zero-order chi connectivity index (χ0) is 25.7. The van der Waals surface area contributed by atoms with Crippen molar-refractivity contribution >= 4 is 11.9 Å². The van der Waals surface area contributed by atoms with Crippen molar-refractivity contribution < 1.29 is 51.2 Å². The zero-order valence-corrected chi connectivity index (χ0v) is 19.4. The van der Waals surface area contributed by atoms with Gasteiger partial charge in [-0.25, -0.2) is 4.79 Å². The first-order valence-corrected chi connectivity index (χ1v) is 11.2. The van der Waals surface area contributed by atoms with Crippen LogP contribution in [0.5, 0.6) is 11.5 Å². The number of hydrogen-bond donors (Lipinski definition) is 0.